The molecule has 0 aliphatic carbocycles. The third-order valence-electron chi connectivity index (χ3n) is 3.41. The maximum Gasteiger partial charge on any atom is 0.306 e. The first kappa shape index (κ1) is 12.9. The summed E-state index contributed by atoms with van der Waals surface area (Å²) >= 11 is 0. The van der Waals surface area contributed by atoms with E-state index in [1.807, 2.05) is 31.2 Å². The van der Waals surface area contributed by atoms with E-state index < -0.39 is 0 Å². The Bertz CT molecular complexity index is 408. The van der Waals surface area contributed by atoms with Crippen LogP contribution in [0, 0.1) is 0 Å². The molecule has 0 spiro atoms. The highest BCUT2D eigenvalue weighted by molar-refractivity contribution is 5.71. The van der Waals surface area contributed by atoms with E-state index in [9.17, 15) is 4.79 Å². The SMILES string of the molecule is CCOC(=O)CC1(c2ccc(N)cc2)CCOC1. The largest absolute Gasteiger partial charge is 0.466 e. The Morgan fingerprint density at radius 2 is 2.17 bits per heavy atom. The van der Waals surface area contributed by atoms with Crippen LogP contribution in [0.4, 0.5) is 5.69 Å². The second-order valence-corrected chi connectivity index (χ2v) is 4.69. The zero-order chi connectivity index (χ0) is 13.0. The first-order chi connectivity index (χ1) is 8.66. The zero-order valence-corrected chi connectivity index (χ0v) is 10.6. The molecule has 1 fully saturated rings. The maximum atomic E-state index is 11.7. The number of carbonyl (C=O) groups excluding carboxylic acids is 1. The molecule has 1 aromatic rings. The van der Waals surface area contributed by atoms with Crippen molar-refractivity contribution in [2.75, 3.05) is 25.6 Å². The van der Waals surface area contributed by atoms with Crippen LogP contribution in [0.25, 0.3) is 0 Å². The second kappa shape index (κ2) is 5.40. The molecule has 1 atom stereocenters. The lowest BCUT2D eigenvalue weighted by molar-refractivity contribution is -0.144. The average molecular weight is 249 g/mol. The van der Waals surface area contributed by atoms with Gasteiger partial charge in [0.1, 0.15) is 0 Å². The molecule has 0 saturated carbocycles. The van der Waals surface area contributed by atoms with Crippen LogP contribution in [0.2, 0.25) is 0 Å². The maximum absolute atomic E-state index is 11.7. The molecule has 1 aliphatic heterocycles. The Hall–Kier alpha value is -1.55. The Morgan fingerprint density at radius 1 is 1.44 bits per heavy atom. The molecular formula is C14H19NO3. The summed E-state index contributed by atoms with van der Waals surface area (Å²) in [6.07, 6.45) is 1.21. The average Bonchev–Trinajstić information content (AvgIpc) is 2.79. The number of ether oxygens (including phenoxy) is 2. The molecule has 1 heterocycles. The number of benzene rings is 1. The van der Waals surface area contributed by atoms with Crippen molar-refractivity contribution in [3.05, 3.63) is 29.8 Å². The number of rotatable bonds is 4. The molecule has 1 aromatic carbocycles. The van der Waals surface area contributed by atoms with Crippen LogP contribution in [0.15, 0.2) is 24.3 Å². The third kappa shape index (κ3) is 2.64. The molecule has 4 heteroatoms. The minimum atomic E-state index is -0.250. The van der Waals surface area contributed by atoms with Crippen LogP contribution in [0.1, 0.15) is 25.3 Å². The van der Waals surface area contributed by atoms with Gasteiger partial charge in [-0.15, -0.1) is 0 Å². The van der Waals surface area contributed by atoms with E-state index >= 15 is 0 Å². The van der Waals surface area contributed by atoms with Gasteiger partial charge in [0.2, 0.25) is 0 Å². The van der Waals surface area contributed by atoms with Crippen molar-refractivity contribution in [1.29, 1.82) is 0 Å². The minimum absolute atomic E-state index is 0.167. The third-order valence-corrected chi connectivity index (χ3v) is 3.41. The van der Waals surface area contributed by atoms with E-state index in [-0.39, 0.29) is 11.4 Å². The Labute approximate surface area is 107 Å². The van der Waals surface area contributed by atoms with Gasteiger partial charge in [0.25, 0.3) is 0 Å². The molecule has 0 bridgehead atoms. The number of nitrogen functional groups attached to an aromatic ring is 1. The Balaban J connectivity index is 2.21. The minimum Gasteiger partial charge on any atom is -0.466 e. The summed E-state index contributed by atoms with van der Waals surface area (Å²) in [7, 11) is 0. The molecule has 1 saturated heterocycles. The fourth-order valence-electron chi connectivity index (χ4n) is 2.40. The predicted molar refractivity (Wildman–Crippen MR) is 69.2 cm³/mol. The van der Waals surface area contributed by atoms with Crippen LogP contribution in [-0.2, 0) is 19.7 Å². The fraction of sp³-hybridized carbons (Fsp3) is 0.500. The number of esters is 1. The highest BCUT2D eigenvalue weighted by Crippen LogP contribution is 2.37. The molecule has 1 unspecified atom stereocenters. The molecule has 4 nitrogen and oxygen atoms in total. The van der Waals surface area contributed by atoms with Crippen molar-refractivity contribution in [2.45, 2.75) is 25.2 Å². The van der Waals surface area contributed by atoms with Crippen molar-refractivity contribution >= 4 is 11.7 Å². The number of hydrogen-bond acceptors (Lipinski definition) is 4. The first-order valence-electron chi connectivity index (χ1n) is 6.26. The van der Waals surface area contributed by atoms with Gasteiger partial charge in [-0.2, -0.15) is 0 Å². The van der Waals surface area contributed by atoms with Gasteiger partial charge in [-0.1, -0.05) is 12.1 Å². The van der Waals surface area contributed by atoms with Crippen molar-refractivity contribution in [2.24, 2.45) is 0 Å². The molecule has 0 amide bonds. The van der Waals surface area contributed by atoms with Gasteiger partial charge in [0.05, 0.1) is 19.6 Å². The lowest BCUT2D eigenvalue weighted by Crippen LogP contribution is -2.30. The molecule has 0 radical (unpaired) electrons. The van der Waals surface area contributed by atoms with E-state index in [4.69, 9.17) is 15.2 Å². The van der Waals surface area contributed by atoms with Crippen molar-refractivity contribution < 1.29 is 14.3 Å². The lowest BCUT2D eigenvalue weighted by Gasteiger charge is -2.27. The van der Waals surface area contributed by atoms with Gasteiger partial charge in [0, 0.05) is 17.7 Å². The number of hydrogen-bond donors (Lipinski definition) is 1. The van der Waals surface area contributed by atoms with E-state index in [1.165, 1.54) is 0 Å². The molecule has 1 aliphatic rings. The summed E-state index contributed by atoms with van der Waals surface area (Å²) in [6, 6.07) is 7.67. The van der Waals surface area contributed by atoms with Crippen LogP contribution in [0.5, 0.6) is 0 Å². The van der Waals surface area contributed by atoms with E-state index in [2.05, 4.69) is 0 Å². The van der Waals surface area contributed by atoms with E-state index in [0.29, 0.717) is 26.2 Å². The van der Waals surface area contributed by atoms with Crippen LogP contribution >= 0.6 is 0 Å². The Morgan fingerprint density at radius 3 is 2.72 bits per heavy atom. The van der Waals surface area contributed by atoms with Gasteiger partial charge < -0.3 is 15.2 Å². The van der Waals surface area contributed by atoms with E-state index in [1.54, 1.807) is 0 Å². The van der Waals surface area contributed by atoms with Crippen molar-refractivity contribution in [3.63, 3.8) is 0 Å². The molecule has 18 heavy (non-hydrogen) atoms. The number of carbonyl (C=O) groups is 1. The highest BCUT2D eigenvalue weighted by Gasteiger charge is 2.39. The van der Waals surface area contributed by atoms with Gasteiger partial charge in [-0.25, -0.2) is 0 Å². The standard InChI is InChI=1S/C14H19NO3/c1-2-18-13(16)9-14(7-8-17-10-14)11-3-5-12(15)6-4-11/h3-6H,2,7-10,15H2,1H3. The second-order valence-electron chi connectivity index (χ2n) is 4.69. The molecule has 98 valence electrons. The smallest absolute Gasteiger partial charge is 0.306 e. The topological polar surface area (TPSA) is 61.5 Å². The van der Waals surface area contributed by atoms with Crippen LogP contribution in [-0.4, -0.2) is 25.8 Å². The number of anilines is 1. The predicted octanol–water partition coefficient (Wildman–Crippen LogP) is 1.88. The summed E-state index contributed by atoms with van der Waals surface area (Å²) < 4.78 is 10.5. The van der Waals surface area contributed by atoms with Crippen LogP contribution < -0.4 is 5.73 Å². The first-order valence-corrected chi connectivity index (χ1v) is 6.26. The van der Waals surface area contributed by atoms with Crippen molar-refractivity contribution in [3.8, 4) is 0 Å². The van der Waals surface area contributed by atoms with Crippen LogP contribution in [0.3, 0.4) is 0 Å². The lowest BCUT2D eigenvalue weighted by atomic mass is 9.77. The monoisotopic (exact) mass is 249 g/mol. The van der Waals surface area contributed by atoms with Gasteiger partial charge >= 0.3 is 5.97 Å². The van der Waals surface area contributed by atoms with Gasteiger partial charge in [-0.3, -0.25) is 4.79 Å². The van der Waals surface area contributed by atoms with Gasteiger partial charge in [-0.05, 0) is 31.0 Å². The fourth-order valence-corrected chi connectivity index (χ4v) is 2.40. The highest BCUT2D eigenvalue weighted by atomic mass is 16.5. The molecule has 2 rings (SSSR count). The summed E-state index contributed by atoms with van der Waals surface area (Å²) in [4.78, 5) is 11.7. The quantitative estimate of drug-likeness (QED) is 0.653. The summed E-state index contributed by atoms with van der Waals surface area (Å²) in [5.74, 6) is -0.167. The molecular weight excluding hydrogens is 230 g/mol. The van der Waals surface area contributed by atoms with Gasteiger partial charge in [0.15, 0.2) is 0 Å². The molecule has 2 N–H and O–H groups in total. The normalized spacial score (nSPS) is 22.9. The van der Waals surface area contributed by atoms with E-state index in [0.717, 1.165) is 17.7 Å². The number of nitrogens with two attached hydrogens (primary N) is 1. The Kier molecular flexibility index (Phi) is 3.87. The van der Waals surface area contributed by atoms with Crippen molar-refractivity contribution in [1.82, 2.24) is 0 Å². The zero-order valence-electron chi connectivity index (χ0n) is 10.6. The summed E-state index contributed by atoms with van der Waals surface area (Å²) in [6.45, 7) is 3.48. The molecule has 0 aromatic heterocycles. The summed E-state index contributed by atoms with van der Waals surface area (Å²) in [5.41, 5.74) is 7.27. The summed E-state index contributed by atoms with van der Waals surface area (Å²) in [5, 5.41) is 0.